The summed E-state index contributed by atoms with van der Waals surface area (Å²) in [6.45, 7) is 0. The number of hydrogen-bond donors (Lipinski definition) is 2. The molecule has 0 fully saturated rings. The molecule has 4 N–H and O–H groups in total. The number of carbonyl (C=O) groups is 2. The Morgan fingerprint density at radius 3 is 2.25 bits per heavy atom. The molecule has 12 heavy (non-hydrogen) atoms. The average molecular weight is 167 g/mol. The summed E-state index contributed by atoms with van der Waals surface area (Å²) in [5.41, 5.74) is 8.98. The molecule has 0 spiro atoms. The third-order valence-corrected chi connectivity index (χ3v) is 0.809. The maximum absolute atomic E-state index is 9.94. The van der Waals surface area contributed by atoms with Crippen molar-refractivity contribution in [1.82, 2.24) is 4.98 Å². The van der Waals surface area contributed by atoms with Crippen LogP contribution in [0.15, 0.2) is 24.4 Å². The molecular weight excluding hydrogens is 158 g/mol. The first-order valence-corrected chi connectivity index (χ1v) is 3.08. The minimum atomic E-state index is -0.833. The van der Waals surface area contributed by atoms with Crippen molar-refractivity contribution in [3.05, 3.63) is 30.1 Å². The zero-order valence-corrected chi connectivity index (χ0v) is 6.31. The summed E-state index contributed by atoms with van der Waals surface area (Å²) < 4.78 is 0. The largest absolute Gasteiger partial charge is 0.352 e. The van der Waals surface area contributed by atoms with Crippen molar-refractivity contribution in [3.63, 3.8) is 0 Å². The van der Waals surface area contributed by atoms with Crippen LogP contribution in [0.25, 0.3) is 0 Å². The number of aromatic nitrogens is 1. The summed E-state index contributed by atoms with van der Waals surface area (Å²) in [5, 5.41) is 0. The fraction of sp³-hybridized carbons (Fsp3) is 0. The van der Waals surface area contributed by atoms with Gasteiger partial charge >= 0.3 is 6.03 Å². The third kappa shape index (κ3) is 6.21. The Morgan fingerprint density at radius 2 is 2.00 bits per heavy atom. The number of urea groups is 1. The second kappa shape index (κ2) is 5.84. The van der Waals surface area contributed by atoms with E-state index < -0.39 is 6.03 Å². The molecule has 0 aliphatic rings. The molecule has 1 aromatic rings. The molecule has 64 valence electrons. The zero-order valence-electron chi connectivity index (χ0n) is 6.31. The molecular formula is C7H9N3O2. The van der Waals surface area contributed by atoms with Crippen molar-refractivity contribution in [1.29, 1.82) is 0 Å². The molecule has 2 amide bonds. The van der Waals surface area contributed by atoms with E-state index in [-0.39, 0.29) is 0 Å². The van der Waals surface area contributed by atoms with Crippen LogP contribution in [0.5, 0.6) is 0 Å². The van der Waals surface area contributed by atoms with E-state index >= 15 is 0 Å². The maximum atomic E-state index is 9.94. The SMILES string of the molecule is NC(N)=O.O=Cc1ccccn1. The topological polar surface area (TPSA) is 99.1 Å². The highest BCUT2D eigenvalue weighted by molar-refractivity contribution is 5.71. The first kappa shape index (κ1) is 10.1. The van der Waals surface area contributed by atoms with Crippen LogP contribution >= 0.6 is 0 Å². The number of carbonyl (C=O) groups excluding carboxylic acids is 2. The van der Waals surface area contributed by atoms with Crippen molar-refractivity contribution in [3.8, 4) is 0 Å². The van der Waals surface area contributed by atoms with Crippen molar-refractivity contribution >= 4 is 12.3 Å². The van der Waals surface area contributed by atoms with Gasteiger partial charge in [-0.3, -0.25) is 9.78 Å². The number of nitrogens with zero attached hydrogens (tertiary/aromatic N) is 1. The van der Waals surface area contributed by atoms with Crippen molar-refractivity contribution < 1.29 is 9.59 Å². The predicted octanol–water partition coefficient (Wildman–Crippen LogP) is -0.0821. The van der Waals surface area contributed by atoms with Gasteiger partial charge in [0.15, 0.2) is 6.29 Å². The lowest BCUT2D eigenvalue weighted by Crippen LogP contribution is -2.18. The van der Waals surface area contributed by atoms with E-state index in [1.54, 1.807) is 24.4 Å². The van der Waals surface area contributed by atoms with Gasteiger partial charge in [-0.15, -0.1) is 0 Å². The monoisotopic (exact) mass is 167 g/mol. The molecule has 0 radical (unpaired) electrons. The minimum absolute atomic E-state index is 0.479. The molecule has 0 atom stereocenters. The van der Waals surface area contributed by atoms with Crippen molar-refractivity contribution in [2.75, 3.05) is 0 Å². The summed E-state index contributed by atoms with van der Waals surface area (Å²) >= 11 is 0. The van der Waals surface area contributed by atoms with Gasteiger partial charge < -0.3 is 11.5 Å². The van der Waals surface area contributed by atoms with Crippen LogP contribution < -0.4 is 11.5 Å². The second-order valence-electron chi connectivity index (χ2n) is 1.77. The maximum Gasteiger partial charge on any atom is 0.309 e. The van der Waals surface area contributed by atoms with E-state index in [9.17, 15) is 4.79 Å². The average Bonchev–Trinajstić information content (AvgIpc) is 2.05. The van der Waals surface area contributed by atoms with Crippen LogP contribution in [0, 0.1) is 0 Å². The Bertz CT molecular complexity index is 244. The minimum Gasteiger partial charge on any atom is -0.352 e. The first-order chi connectivity index (χ1) is 5.66. The molecule has 1 rings (SSSR count). The molecule has 0 aliphatic heterocycles. The Balaban J connectivity index is 0.000000261. The molecule has 1 aromatic heterocycles. The van der Waals surface area contributed by atoms with Crippen molar-refractivity contribution in [2.45, 2.75) is 0 Å². The molecule has 0 aliphatic carbocycles. The molecule has 0 bridgehead atoms. The highest BCUT2D eigenvalue weighted by Crippen LogP contribution is 1.85. The molecule has 1 heterocycles. The smallest absolute Gasteiger partial charge is 0.309 e. The third-order valence-electron chi connectivity index (χ3n) is 0.809. The first-order valence-electron chi connectivity index (χ1n) is 3.08. The van der Waals surface area contributed by atoms with Crippen LogP contribution in [-0.2, 0) is 0 Å². The Hall–Kier alpha value is -1.91. The molecule has 5 heteroatoms. The van der Waals surface area contributed by atoms with E-state index in [1.165, 1.54) is 0 Å². The molecule has 0 aromatic carbocycles. The zero-order chi connectivity index (χ0) is 9.40. The van der Waals surface area contributed by atoms with Crippen LogP contribution in [0.1, 0.15) is 10.5 Å². The Labute approximate surface area is 69.4 Å². The molecule has 5 nitrogen and oxygen atoms in total. The van der Waals surface area contributed by atoms with E-state index in [1.807, 2.05) is 0 Å². The van der Waals surface area contributed by atoms with Gasteiger partial charge in [-0.2, -0.15) is 0 Å². The van der Waals surface area contributed by atoms with Crippen LogP contribution in [0.2, 0.25) is 0 Å². The Kier molecular flexibility index (Phi) is 4.91. The van der Waals surface area contributed by atoms with Crippen molar-refractivity contribution in [2.24, 2.45) is 11.5 Å². The number of aldehydes is 1. The van der Waals surface area contributed by atoms with E-state index in [0.29, 0.717) is 5.69 Å². The van der Waals surface area contributed by atoms with Gasteiger partial charge in [0, 0.05) is 6.20 Å². The van der Waals surface area contributed by atoms with E-state index in [2.05, 4.69) is 16.5 Å². The molecule has 0 saturated carbocycles. The standard InChI is InChI=1S/C6H5NO.CH4N2O/c8-5-6-3-1-2-4-7-6;2-1(3)4/h1-5H;(H4,2,3,4). The highest BCUT2D eigenvalue weighted by atomic mass is 16.2. The lowest BCUT2D eigenvalue weighted by Gasteiger charge is -1.81. The van der Waals surface area contributed by atoms with E-state index in [0.717, 1.165) is 6.29 Å². The highest BCUT2D eigenvalue weighted by Gasteiger charge is 1.81. The van der Waals surface area contributed by atoms with Crippen LogP contribution in [0.4, 0.5) is 4.79 Å². The van der Waals surface area contributed by atoms with Crippen LogP contribution in [0.3, 0.4) is 0 Å². The summed E-state index contributed by atoms with van der Waals surface area (Å²) in [7, 11) is 0. The summed E-state index contributed by atoms with van der Waals surface area (Å²) in [4.78, 5) is 22.7. The number of hydrogen-bond acceptors (Lipinski definition) is 3. The summed E-state index contributed by atoms with van der Waals surface area (Å²) in [5.74, 6) is 0. The molecule has 0 unspecified atom stereocenters. The van der Waals surface area contributed by atoms with Gasteiger partial charge in [0.1, 0.15) is 5.69 Å². The molecule has 0 saturated heterocycles. The van der Waals surface area contributed by atoms with Gasteiger partial charge in [-0.25, -0.2) is 4.79 Å². The van der Waals surface area contributed by atoms with E-state index in [4.69, 9.17) is 4.79 Å². The lowest BCUT2D eigenvalue weighted by atomic mass is 10.4. The van der Waals surface area contributed by atoms with Gasteiger partial charge in [0.05, 0.1) is 0 Å². The number of nitrogens with two attached hydrogens (primary N) is 2. The number of pyridine rings is 1. The normalized spacial score (nSPS) is 7.67. The van der Waals surface area contributed by atoms with Gasteiger partial charge in [0.25, 0.3) is 0 Å². The van der Waals surface area contributed by atoms with Gasteiger partial charge in [-0.1, -0.05) is 6.07 Å². The Morgan fingerprint density at radius 1 is 1.42 bits per heavy atom. The quantitative estimate of drug-likeness (QED) is 0.572. The summed E-state index contributed by atoms with van der Waals surface area (Å²) in [6, 6.07) is 4.37. The van der Waals surface area contributed by atoms with Gasteiger partial charge in [0.2, 0.25) is 0 Å². The number of rotatable bonds is 1. The number of primary amides is 2. The fourth-order valence-electron chi connectivity index (χ4n) is 0.446. The fourth-order valence-corrected chi connectivity index (χ4v) is 0.446. The second-order valence-corrected chi connectivity index (χ2v) is 1.77. The van der Waals surface area contributed by atoms with Gasteiger partial charge in [-0.05, 0) is 12.1 Å². The summed E-state index contributed by atoms with van der Waals surface area (Å²) in [6.07, 6.45) is 2.31. The predicted molar refractivity (Wildman–Crippen MR) is 43.4 cm³/mol. The van der Waals surface area contributed by atoms with Crippen LogP contribution in [-0.4, -0.2) is 17.3 Å². The lowest BCUT2D eigenvalue weighted by molar-refractivity contribution is 0.111. The number of amides is 2.